The highest BCUT2D eigenvalue weighted by atomic mass is 16.2. The van der Waals surface area contributed by atoms with Gasteiger partial charge in [-0.3, -0.25) is 18.7 Å². The molecule has 2 N–H and O–H groups in total. The quantitative estimate of drug-likeness (QED) is 0.620. The van der Waals surface area contributed by atoms with Crippen LogP contribution in [-0.2, 0) is 13.6 Å². The van der Waals surface area contributed by atoms with E-state index in [-0.39, 0.29) is 24.5 Å². The standard InChI is InChI=1S/C22H24N4O3/c1-3-25(17-12-8-5-9-13-17)15-18(27)19-20(23)26(22(29)24(2)21(19)28)14-16-10-6-4-7-11-16/h4-13H,3,14-15,23H2,1-2H3. The number of rotatable bonds is 7. The van der Waals surface area contributed by atoms with Crippen LogP contribution in [0.3, 0.4) is 0 Å². The van der Waals surface area contributed by atoms with Gasteiger partial charge in [-0.2, -0.15) is 0 Å². The fraction of sp³-hybridized carbons (Fsp3) is 0.227. The highest BCUT2D eigenvalue weighted by Gasteiger charge is 2.23. The van der Waals surface area contributed by atoms with Crippen molar-refractivity contribution in [3.63, 3.8) is 0 Å². The normalized spacial score (nSPS) is 10.7. The van der Waals surface area contributed by atoms with Gasteiger partial charge in [0.25, 0.3) is 5.56 Å². The van der Waals surface area contributed by atoms with Gasteiger partial charge in [0.1, 0.15) is 11.4 Å². The van der Waals surface area contributed by atoms with Crippen LogP contribution in [0.25, 0.3) is 0 Å². The van der Waals surface area contributed by atoms with E-state index in [1.54, 1.807) is 0 Å². The van der Waals surface area contributed by atoms with E-state index in [0.717, 1.165) is 15.8 Å². The molecule has 0 saturated carbocycles. The minimum Gasteiger partial charge on any atom is -0.384 e. The van der Waals surface area contributed by atoms with E-state index in [2.05, 4.69) is 0 Å². The molecule has 3 aromatic rings. The number of ketones is 1. The summed E-state index contributed by atoms with van der Waals surface area (Å²) in [6.45, 7) is 2.68. The lowest BCUT2D eigenvalue weighted by molar-refractivity contribution is 0.0997. The van der Waals surface area contributed by atoms with Gasteiger partial charge in [0, 0.05) is 19.3 Å². The summed E-state index contributed by atoms with van der Waals surface area (Å²) >= 11 is 0. The monoisotopic (exact) mass is 392 g/mol. The Morgan fingerprint density at radius 2 is 1.59 bits per heavy atom. The van der Waals surface area contributed by atoms with E-state index in [1.807, 2.05) is 72.5 Å². The Balaban J connectivity index is 2.01. The van der Waals surface area contributed by atoms with Crippen molar-refractivity contribution in [1.29, 1.82) is 0 Å². The summed E-state index contributed by atoms with van der Waals surface area (Å²) in [5, 5.41) is 0. The molecule has 1 heterocycles. The van der Waals surface area contributed by atoms with Crippen LogP contribution in [0, 0.1) is 0 Å². The summed E-state index contributed by atoms with van der Waals surface area (Å²) in [7, 11) is 1.36. The molecule has 0 aliphatic carbocycles. The minimum atomic E-state index is -0.675. The summed E-state index contributed by atoms with van der Waals surface area (Å²) in [5.41, 5.74) is 6.50. The van der Waals surface area contributed by atoms with Gasteiger partial charge in [0.2, 0.25) is 0 Å². The molecular weight excluding hydrogens is 368 g/mol. The lowest BCUT2D eigenvalue weighted by Crippen LogP contribution is -2.44. The maximum Gasteiger partial charge on any atom is 0.332 e. The third-order valence-corrected chi connectivity index (χ3v) is 4.88. The predicted molar refractivity (Wildman–Crippen MR) is 115 cm³/mol. The van der Waals surface area contributed by atoms with Crippen molar-refractivity contribution < 1.29 is 4.79 Å². The van der Waals surface area contributed by atoms with Crippen LogP contribution < -0.4 is 21.9 Å². The van der Waals surface area contributed by atoms with Crippen molar-refractivity contribution in [3.05, 3.63) is 92.6 Å². The number of nitrogens with two attached hydrogens (primary N) is 1. The number of hydrogen-bond donors (Lipinski definition) is 1. The SMILES string of the molecule is CCN(CC(=O)c1c(N)n(Cc2ccccc2)c(=O)n(C)c1=O)c1ccccc1. The molecule has 150 valence electrons. The number of likely N-dealkylation sites (N-methyl/N-ethyl adjacent to an activating group) is 1. The molecule has 29 heavy (non-hydrogen) atoms. The molecule has 0 aliphatic heterocycles. The second-order valence-corrected chi connectivity index (χ2v) is 6.75. The van der Waals surface area contributed by atoms with Crippen LogP contribution in [0.1, 0.15) is 22.8 Å². The molecule has 3 rings (SSSR count). The molecule has 1 aromatic heterocycles. The van der Waals surface area contributed by atoms with Crippen LogP contribution in [0.15, 0.2) is 70.3 Å². The summed E-state index contributed by atoms with van der Waals surface area (Å²) < 4.78 is 2.20. The van der Waals surface area contributed by atoms with Gasteiger partial charge in [-0.1, -0.05) is 48.5 Å². The number of carbonyl (C=O) groups excluding carboxylic acids is 1. The van der Waals surface area contributed by atoms with Crippen LogP contribution in [0.4, 0.5) is 11.5 Å². The van der Waals surface area contributed by atoms with Gasteiger partial charge in [-0.05, 0) is 24.6 Å². The predicted octanol–water partition coefficient (Wildman–Crippen LogP) is 1.89. The second-order valence-electron chi connectivity index (χ2n) is 6.75. The topological polar surface area (TPSA) is 90.3 Å². The lowest BCUT2D eigenvalue weighted by Gasteiger charge is -2.23. The Kier molecular flexibility index (Phi) is 5.97. The molecule has 0 spiro atoms. The van der Waals surface area contributed by atoms with Gasteiger partial charge in [0.15, 0.2) is 5.78 Å². The first-order valence-electron chi connectivity index (χ1n) is 9.40. The van der Waals surface area contributed by atoms with Crippen molar-refractivity contribution in [2.45, 2.75) is 13.5 Å². The molecule has 7 heteroatoms. The molecule has 7 nitrogen and oxygen atoms in total. The van der Waals surface area contributed by atoms with E-state index in [4.69, 9.17) is 5.73 Å². The second kappa shape index (κ2) is 8.60. The van der Waals surface area contributed by atoms with Crippen molar-refractivity contribution in [3.8, 4) is 0 Å². The van der Waals surface area contributed by atoms with Gasteiger partial charge in [-0.25, -0.2) is 4.79 Å². The Morgan fingerprint density at radius 3 is 2.17 bits per heavy atom. The Morgan fingerprint density at radius 1 is 1.00 bits per heavy atom. The molecular formula is C22H24N4O3. The molecule has 0 saturated heterocycles. The highest BCUT2D eigenvalue weighted by molar-refractivity contribution is 6.02. The molecule has 0 aliphatic rings. The lowest BCUT2D eigenvalue weighted by atomic mass is 10.1. The van der Waals surface area contributed by atoms with Gasteiger partial charge in [0.05, 0.1) is 13.1 Å². The van der Waals surface area contributed by atoms with Crippen LogP contribution in [0.5, 0.6) is 0 Å². The van der Waals surface area contributed by atoms with Crippen molar-refractivity contribution in [1.82, 2.24) is 9.13 Å². The first kappa shape index (κ1) is 20.1. The summed E-state index contributed by atoms with van der Waals surface area (Å²) in [4.78, 5) is 40.2. The number of anilines is 2. The molecule has 0 bridgehead atoms. The van der Waals surface area contributed by atoms with Crippen molar-refractivity contribution in [2.75, 3.05) is 23.7 Å². The third-order valence-electron chi connectivity index (χ3n) is 4.88. The van der Waals surface area contributed by atoms with Crippen LogP contribution in [0.2, 0.25) is 0 Å². The largest absolute Gasteiger partial charge is 0.384 e. The number of benzene rings is 2. The fourth-order valence-corrected chi connectivity index (χ4v) is 3.24. The molecule has 0 unspecified atom stereocenters. The Bertz CT molecular complexity index is 1120. The molecule has 0 amide bonds. The number of para-hydroxylation sites is 1. The van der Waals surface area contributed by atoms with E-state index >= 15 is 0 Å². The van der Waals surface area contributed by atoms with E-state index in [0.29, 0.717) is 6.54 Å². The average Bonchev–Trinajstić information content (AvgIpc) is 2.75. The average molecular weight is 392 g/mol. The third kappa shape index (κ3) is 4.13. The van der Waals surface area contributed by atoms with Crippen molar-refractivity contribution >= 4 is 17.3 Å². The van der Waals surface area contributed by atoms with E-state index < -0.39 is 17.0 Å². The van der Waals surface area contributed by atoms with E-state index in [9.17, 15) is 14.4 Å². The van der Waals surface area contributed by atoms with Gasteiger partial charge < -0.3 is 10.6 Å². The van der Waals surface area contributed by atoms with Crippen molar-refractivity contribution in [2.24, 2.45) is 7.05 Å². The fourth-order valence-electron chi connectivity index (χ4n) is 3.24. The zero-order valence-corrected chi connectivity index (χ0v) is 16.5. The summed E-state index contributed by atoms with van der Waals surface area (Å²) in [6, 6.07) is 18.7. The first-order valence-corrected chi connectivity index (χ1v) is 9.40. The van der Waals surface area contributed by atoms with E-state index in [1.165, 1.54) is 11.6 Å². The zero-order valence-electron chi connectivity index (χ0n) is 16.5. The zero-order chi connectivity index (χ0) is 21.0. The smallest absolute Gasteiger partial charge is 0.332 e. The van der Waals surface area contributed by atoms with Gasteiger partial charge >= 0.3 is 5.69 Å². The number of nitrogen functional groups attached to an aromatic ring is 1. The maximum absolute atomic E-state index is 13.0. The molecule has 0 radical (unpaired) electrons. The number of Topliss-reactive ketones (excluding diaryl/α,β-unsaturated/α-hetero) is 1. The number of nitrogens with zero attached hydrogens (tertiary/aromatic N) is 3. The number of aromatic nitrogens is 2. The number of carbonyl (C=O) groups is 1. The Hall–Kier alpha value is -3.61. The summed E-state index contributed by atoms with van der Waals surface area (Å²) in [5.74, 6) is -0.522. The minimum absolute atomic E-state index is 0.0104. The van der Waals surface area contributed by atoms with Gasteiger partial charge in [-0.15, -0.1) is 0 Å². The van der Waals surface area contributed by atoms with Crippen LogP contribution in [-0.4, -0.2) is 28.0 Å². The number of hydrogen-bond acceptors (Lipinski definition) is 5. The first-order chi connectivity index (χ1) is 13.9. The molecule has 0 fully saturated rings. The van der Waals surface area contributed by atoms with Crippen LogP contribution >= 0.6 is 0 Å². The summed E-state index contributed by atoms with van der Waals surface area (Å²) in [6.07, 6.45) is 0. The Labute approximate surface area is 168 Å². The maximum atomic E-state index is 13.0. The molecule has 2 aromatic carbocycles. The highest BCUT2D eigenvalue weighted by Crippen LogP contribution is 2.15. The molecule has 0 atom stereocenters.